The van der Waals surface area contributed by atoms with Gasteiger partial charge in [-0.2, -0.15) is 5.26 Å². The van der Waals surface area contributed by atoms with Gasteiger partial charge in [0, 0.05) is 41.0 Å². The molecule has 0 radical (unpaired) electrons. The van der Waals surface area contributed by atoms with Gasteiger partial charge in [0.1, 0.15) is 0 Å². The summed E-state index contributed by atoms with van der Waals surface area (Å²) in [6.45, 7) is 1.80. The van der Waals surface area contributed by atoms with E-state index in [9.17, 15) is 10.1 Å². The van der Waals surface area contributed by atoms with E-state index in [-0.39, 0.29) is 5.78 Å². The Morgan fingerprint density at radius 3 is 2.26 bits per heavy atom. The van der Waals surface area contributed by atoms with Crippen LogP contribution in [-0.4, -0.2) is 23.8 Å². The molecule has 0 bridgehead atoms. The summed E-state index contributed by atoms with van der Waals surface area (Å²) in [5.74, 6) is -0.0706. The Kier molecular flexibility index (Phi) is 6.46. The molecule has 2 aromatic rings. The molecule has 1 fully saturated rings. The van der Waals surface area contributed by atoms with Crippen molar-refractivity contribution < 1.29 is 4.79 Å². The molecule has 1 aliphatic heterocycles. The zero-order chi connectivity index (χ0) is 19.1. The van der Waals surface area contributed by atoms with Crippen LogP contribution in [-0.2, 0) is 0 Å². The van der Waals surface area contributed by atoms with E-state index in [2.05, 4.69) is 11.0 Å². The molecule has 0 aliphatic carbocycles. The fourth-order valence-electron chi connectivity index (χ4n) is 3.24. The van der Waals surface area contributed by atoms with Crippen LogP contribution in [0.2, 0.25) is 5.02 Å². The molecule has 0 aromatic heterocycles. The van der Waals surface area contributed by atoms with Crippen LogP contribution >= 0.6 is 11.6 Å². The van der Waals surface area contributed by atoms with Crippen molar-refractivity contribution in [1.29, 1.82) is 5.26 Å². The SMILES string of the molecule is N#C/C=C(\C=C(\C(=O)c1ccccc1)c1ccc(Cl)cc1)N1CCCCC1. The number of ketones is 1. The van der Waals surface area contributed by atoms with Gasteiger partial charge in [-0.3, -0.25) is 4.79 Å². The Morgan fingerprint density at radius 1 is 0.963 bits per heavy atom. The first-order valence-electron chi connectivity index (χ1n) is 9.11. The summed E-state index contributed by atoms with van der Waals surface area (Å²) in [4.78, 5) is 15.4. The summed E-state index contributed by atoms with van der Waals surface area (Å²) in [5, 5.41) is 9.88. The second-order valence-electron chi connectivity index (χ2n) is 6.51. The van der Waals surface area contributed by atoms with Gasteiger partial charge in [0.15, 0.2) is 5.78 Å². The summed E-state index contributed by atoms with van der Waals surface area (Å²) in [6, 6.07) is 18.6. The highest BCUT2D eigenvalue weighted by atomic mass is 35.5. The van der Waals surface area contributed by atoms with Crippen molar-refractivity contribution >= 4 is 23.0 Å². The number of hydrogen-bond donors (Lipinski definition) is 0. The maximum atomic E-state index is 13.2. The van der Waals surface area contributed by atoms with Crippen LogP contribution < -0.4 is 0 Å². The molecule has 0 amide bonds. The number of benzene rings is 2. The Bertz CT molecular complexity index is 886. The quantitative estimate of drug-likeness (QED) is 0.299. The molecular weight excluding hydrogens is 356 g/mol. The Labute approximate surface area is 165 Å². The number of nitrogens with zero attached hydrogens (tertiary/aromatic N) is 2. The first-order valence-corrected chi connectivity index (χ1v) is 9.49. The van der Waals surface area contributed by atoms with Crippen LogP contribution in [0.15, 0.2) is 72.4 Å². The van der Waals surface area contributed by atoms with Gasteiger partial charge in [-0.25, -0.2) is 0 Å². The molecule has 0 spiro atoms. The number of halogens is 1. The second-order valence-corrected chi connectivity index (χ2v) is 6.94. The third-order valence-corrected chi connectivity index (χ3v) is 4.91. The molecule has 1 heterocycles. The molecule has 4 heteroatoms. The van der Waals surface area contributed by atoms with Gasteiger partial charge in [0.2, 0.25) is 0 Å². The number of rotatable bonds is 5. The van der Waals surface area contributed by atoms with Crippen molar-refractivity contribution in [3.8, 4) is 6.07 Å². The molecule has 27 heavy (non-hydrogen) atoms. The highest BCUT2D eigenvalue weighted by molar-refractivity contribution is 6.31. The number of hydrogen-bond acceptors (Lipinski definition) is 3. The molecule has 1 aliphatic rings. The lowest BCUT2D eigenvalue weighted by Gasteiger charge is -2.29. The lowest BCUT2D eigenvalue weighted by atomic mass is 9.95. The third-order valence-electron chi connectivity index (χ3n) is 4.66. The molecule has 0 N–H and O–H groups in total. The summed E-state index contributed by atoms with van der Waals surface area (Å²) in [5.41, 5.74) is 2.75. The molecule has 0 atom stereocenters. The summed E-state index contributed by atoms with van der Waals surface area (Å²) in [6.07, 6.45) is 6.76. The Balaban J connectivity index is 2.06. The van der Waals surface area contributed by atoms with Crippen LogP contribution in [0, 0.1) is 11.3 Å². The number of likely N-dealkylation sites (tertiary alicyclic amines) is 1. The van der Waals surface area contributed by atoms with E-state index in [4.69, 9.17) is 11.6 Å². The summed E-state index contributed by atoms with van der Waals surface area (Å²) in [7, 11) is 0. The Morgan fingerprint density at radius 2 is 1.63 bits per heavy atom. The van der Waals surface area contributed by atoms with E-state index in [1.54, 1.807) is 24.3 Å². The van der Waals surface area contributed by atoms with Crippen LogP contribution in [0.5, 0.6) is 0 Å². The first-order chi connectivity index (χ1) is 13.2. The average Bonchev–Trinajstić information content (AvgIpc) is 2.73. The summed E-state index contributed by atoms with van der Waals surface area (Å²) < 4.78 is 0. The van der Waals surface area contributed by atoms with Crippen LogP contribution in [0.25, 0.3) is 5.57 Å². The van der Waals surface area contributed by atoms with Crippen molar-refractivity contribution in [1.82, 2.24) is 4.90 Å². The number of Topliss-reactive ketones (excluding diaryl/α,β-unsaturated/α-hetero) is 1. The Hall–Kier alpha value is -2.83. The smallest absolute Gasteiger partial charge is 0.193 e. The predicted octanol–water partition coefficient (Wildman–Crippen LogP) is 5.50. The van der Waals surface area contributed by atoms with Crippen molar-refractivity contribution in [3.63, 3.8) is 0 Å². The number of carbonyl (C=O) groups is 1. The minimum Gasteiger partial charge on any atom is -0.371 e. The van der Waals surface area contributed by atoms with Gasteiger partial charge < -0.3 is 4.90 Å². The van der Waals surface area contributed by atoms with Crippen molar-refractivity contribution in [2.75, 3.05) is 13.1 Å². The maximum absolute atomic E-state index is 13.2. The fourth-order valence-corrected chi connectivity index (χ4v) is 3.37. The first kappa shape index (κ1) is 18.9. The lowest BCUT2D eigenvalue weighted by molar-refractivity contribution is 0.105. The monoisotopic (exact) mass is 376 g/mol. The highest BCUT2D eigenvalue weighted by Gasteiger charge is 2.18. The zero-order valence-electron chi connectivity index (χ0n) is 15.1. The normalized spacial score (nSPS) is 15.3. The van der Waals surface area contributed by atoms with Crippen LogP contribution in [0.1, 0.15) is 35.2 Å². The predicted molar refractivity (Wildman–Crippen MR) is 109 cm³/mol. The maximum Gasteiger partial charge on any atom is 0.193 e. The van der Waals surface area contributed by atoms with Gasteiger partial charge in [-0.15, -0.1) is 0 Å². The molecule has 1 saturated heterocycles. The van der Waals surface area contributed by atoms with Gasteiger partial charge in [0.05, 0.1) is 6.07 Å². The fraction of sp³-hybridized carbons (Fsp3) is 0.217. The molecule has 3 nitrogen and oxygen atoms in total. The molecule has 2 aromatic carbocycles. The van der Waals surface area contributed by atoms with E-state index < -0.39 is 0 Å². The number of carbonyl (C=O) groups excluding carboxylic acids is 1. The van der Waals surface area contributed by atoms with Crippen LogP contribution in [0.4, 0.5) is 0 Å². The largest absolute Gasteiger partial charge is 0.371 e. The lowest BCUT2D eigenvalue weighted by Crippen LogP contribution is -2.28. The van der Waals surface area contributed by atoms with Crippen molar-refractivity contribution in [2.24, 2.45) is 0 Å². The topological polar surface area (TPSA) is 44.1 Å². The second kappa shape index (κ2) is 9.21. The van der Waals surface area contributed by atoms with Gasteiger partial charge in [-0.1, -0.05) is 54.1 Å². The number of piperidine rings is 1. The van der Waals surface area contributed by atoms with E-state index in [0.717, 1.165) is 37.2 Å². The van der Waals surface area contributed by atoms with Crippen LogP contribution in [0.3, 0.4) is 0 Å². The van der Waals surface area contributed by atoms with Gasteiger partial charge >= 0.3 is 0 Å². The molecule has 0 saturated carbocycles. The van der Waals surface area contributed by atoms with E-state index in [0.29, 0.717) is 16.2 Å². The third kappa shape index (κ3) is 4.87. The highest BCUT2D eigenvalue weighted by Crippen LogP contribution is 2.25. The molecule has 3 rings (SSSR count). The van der Waals surface area contributed by atoms with Crippen molar-refractivity contribution in [2.45, 2.75) is 19.3 Å². The minimum atomic E-state index is -0.0706. The molecule has 0 unspecified atom stereocenters. The number of allylic oxidation sites excluding steroid dienone is 3. The summed E-state index contributed by atoms with van der Waals surface area (Å²) >= 11 is 6.02. The number of nitriles is 1. The molecule has 136 valence electrons. The average molecular weight is 377 g/mol. The van der Waals surface area contributed by atoms with Crippen molar-refractivity contribution in [3.05, 3.63) is 88.6 Å². The van der Waals surface area contributed by atoms with E-state index >= 15 is 0 Å². The van der Waals surface area contributed by atoms with Gasteiger partial charge in [0.25, 0.3) is 0 Å². The van der Waals surface area contributed by atoms with E-state index in [1.807, 2.05) is 36.4 Å². The zero-order valence-corrected chi connectivity index (χ0v) is 15.8. The molecular formula is C23H21ClN2O. The van der Waals surface area contributed by atoms with Gasteiger partial charge in [-0.05, 0) is 43.0 Å². The van der Waals surface area contributed by atoms with E-state index in [1.165, 1.54) is 12.5 Å². The minimum absolute atomic E-state index is 0.0706. The standard InChI is InChI=1S/C23H21ClN2O/c24-20-11-9-18(10-12-20)22(23(27)19-7-3-1-4-8-19)17-21(13-14-25)26-15-5-2-6-16-26/h1,3-4,7-13,17H,2,5-6,15-16H2/b21-13+,22-17+.